The molecule has 0 saturated carbocycles. The maximum absolute atomic E-state index is 9.72. The Morgan fingerprint density at radius 2 is 1.88 bits per heavy atom. The Hall–Kier alpha value is -1.08. The molecule has 1 N–H and O–H groups in total. The van der Waals surface area contributed by atoms with Crippen LogP contribution in [0.2, 0.25) is 0 Å². The lowest BCUT2D eigenvalue weighted by Gasteiger charge is -2.04. The zero-order valence-corrected chi connectivity index (χ0v) is 10.1. The molecular formula is C15H22O. The fourth-order valence-corrected chi connectivity index (χ4v) is 1.66. The van der Waals surface area contributed by atoms with Gasteiger partial charge in [0.2, 0.25) is 0 Å². The summed E-state index contributed by atoms with van der Waals surface area (Å²) in [4.78, 5) is 0. The molecule has 0 spiro atoms. The smallest absolute Gasteiger partial charge is 0.0724 e. The third-order valence-corrected chi connectivity index (χ3v) is 2.66. The maximum Gasteiger partial charge on any atom is 0.0724 e. The van der Waals surface area contributed by atoms with Crippen molar-refractivity contribution < 1.29 is 5.11 Å². The number of benzene rings is 1. The van der Waals surface area contributed by atoms with Crippen molar-refractivity contribution in [3.05, 3.63) is 42.0 Å². The summed E-state index contributed by atoms with van der Waals surface area (Å²) in [6, 6.07) is 10.1. The minimum Gasteiger partial charge on any atom is -0.389 e. The quantitative estimate of drug-likeness (QED) is 0.685. The first-order chi connectivity index (χ1) is 7.83. The van der Waals surface area contributed by atoms with Gasteiger partial charge in [-0.25, -0.2) is 0 Å². The second kappa shape index (κ2) is 8.12. The molecule has 1 aromatic rings. The molecule has 88 valence electrons. The fraction of sp³-hybridized carbons (Fsp3) is 0.467. The first-order valence-corrected chi connectivity index (χ1v) is 6.24. The standard InChI is InChI=1S/C15H22O/c1-2-3-4-8-11-15(16)13-12-14-9-6-5-7-10-14/h5-7,9-10,12-13,15-16H,2-4,8,11H2,1H3/b13-12-. The van der Waals surface area contributed by atoms with Crippen molar-refractivity contribution in [2.24, 2.45) is 0 Å². The summed E-state index contributed by atoms with van der Waals surface area (Å²) in [5, 5.41) is 9.72. The Bertz CT molecular complexity index is 290. The predicted molar refractivity (Wildman–Crippen MR) is 70.2 cm³/mol. The van der Waals surface area contributed by atoms with E-state index in [2.05, 4.69) is 6.92 Å². The normalized spacial score (nSPS) is 13.1. The monoisotopic (exact) mass is 218 g/mol. The van der Waals surface area contributed by atoms with Crippen LogP contribution in [0, 0.1) is 0 Å². The van der Waals surface area contributed by atoms with Gasteiger partial charge in [-0.1, -0.05) is 75.1 Å². The summed E-state index contributed by atoms with van der Waals surface area (Å²) in [7, 11) is 0. The molecule has 0 aliphatic rings. The second-order valence-electron chi connectivity index (χ2n) is 4.19. The summed E-state index contributed by atoms with van der Waals surface area (Å²) >= 11 is 0. The fourth-order valence-electron chi connectivity index (χ4n) is 1.66. The van der Waals surface area contributed by atoms with Gasteiger partial charge < -0.3 is 5.11 Å². The van der Waals surface area contributed by atoms with Gasteiger partial charge in [-0.15, -0.1) is 0 Å². The summed E-state index contributed by atoms with van der Waals surface area (Å²) in [6.45, 7) is 2.20. The maximum atomic E-state index is 9.72. The van der Waals surface area contributed by atoms with Gasteiger partial charge in [0.1, 0.15) is 0 Å². The van der Waals surface area contributed by atoms with Crippen LogP contribution in [0.4, 0.5) is 0 Å². The van der Waals surface area contributed by atoms with Gasteiger partial charge >= 0.3 is 0 Å². The molecule has 0 aliphatic heterocycles. The van der Waals surface area contributed by atoms with Crippen molar-refractivity contribution in [1.82, 2.24) is 0 Å². The van der Waals surface area contributed by atoms with Crippen LogP contribution in [0.25, 0.3) is 6.08 Å². The zero-order chi connectivity index (χ0) is 11.6. The van der Waals surface area contributed by atoms with E-state index in [1.54, 1.807) is 0 Å². The molecular weight excluding hydrogens is 196 g/mol. The molecule has 0 aliphatic carbocycles. The van der Waals surface area contributed by atoms with E-state index >= 15 is 0 Å². The van der Waals surface area contributed by atoms with E-state index in [4.69, 9.17) is 0 Å². The minimum absolute atomic E-state index is 0.294. The Morgan fingerprint density at radius 1 is 1.12 bits per heavy atom. The summed E-state index contributed by atoms with van der Waals surface area (Å²) < 4.78 is 0. The first kappa shape index (κ1) is 13.0. The number of rotatable bonds is 7. The van der Waals surface area contributed by atoms with Gasteiger partial charge in [0.05, 0.1) is 6.10 Å². The highest BCUT2D eigenvalue weighted by Gasteiger charge is 1.98. The van der Waals surface area contributed by atoms with Gasteiger partial charge in [-0.05, 0) is 12.0 Å². The van der Waals surface area contributed by atoms with Crippen LogP contribution in [-0.2, 0) is 0 Å². The molecule has 0 aromatic heterocycles. The van der Waals surface area contributed by atoms with E-state index in [0.717, 1.165) is 18.4 Å². The molecule has 1 heteroatoms. The SMILES string of the molecule is CCCCCCC(O)/C=C\c1ccccc1. The van der Waals surface area contributed by atoms with Crippen LogP contribution in [0.3, 0.4) is 0 Å². The van der Waals surface area contributed by atoms with Crippen LogP contribution in [0.5, 0.6) is 0 Å². The lowest BCUT2D eigenvalue weighted by Crippen LogP contribution is -2.01. The van der Waals surface area contributed by atoms with E-state index in [1.165, 1.54) is 19.3 Å². The van der Waals surface area contributed by atoms with Crippen LogP contribution < -0.4 is 0 Å². The number of hydrogen-bond acceptors (Lipinski definition) is 1. The van der Waals surface area contributed by atoms with Crippen LogP contribution in [0.1, 0.15) is 44.6 Å². The number of unbranched alkanes of at least 4 members (excludes halogenated alkanes) is 3. The molecule has 0 bridgehead atoms. The first-order valence-electron chi connectivity index (χ1n) is 6.24. The summed E-state index contributed by atoms with van der Waals surface area (Å²) in [6.07, 6.45) is 9.33. The molecule has 0 fully saturated rings. The van der Waals surface area contributed by atoms with E-state index in [1.807, 2.05) is 42.5 Å². The number of aliphatic hydroxyl groups is 1. The number of aliphatic hydroxyl groups excluding tert-OH is 1. The molecule has 0 heterocycles. The van der Waals surface area contributed by atoms with Gasteiger partial charge in [-0.2, -0.15) is 0 Å². The molecule has 1 aromatic carbocycles. The average Bonchev–Trinajstić information content (AvgIpc) is 2.33. The summed E-state index contributed by atoms with van der Waals surface area (Å²) in [5.41, 5.74) is 1.15. The van der Waals surface area contributed by atoms with Crippen LogP contribution in [0.15, 0.2) is 36.4 Å². The molecule has 1 rings (SSSR count). The highest BCUT2D eigenvalue weighted by Crippen LogP contribution is 2.08. The van der Waals surface area contributed by atoms with Crippen molar-refractivity contribution in [1.29, 1.82) is 0 Å². The molecule has 16 heavy (non-hydrogen) atoms. The van der Waals surface area contributed by atoms with E-state index in [-0.39, 0.29) is 6.10 Å². The van der Waals surface area contributed by atoms with E-state index in [9.17, 15) is 5.11 Å². The molecule has 1 atom stereocenters. The Kier molecular flexibility index (Phi) is 6.59. The van der Waals surface area contributed by atoms with E-state index in [0.29, 0.717) is 0 Å². The zero-order valence-electron chi connectivity index (χ0n) is 10.1. The Morgan fingerprint density at radius 3 is 2.56 bits per heavy atom. The van der Waals surface area contributed by atoms with Crippen LogP contribution in [-0.4, -0.2) is 11.2 Å². The third-order valence-electron chi connectivity index (χ3n) is 2.66. The second-order valence-corrected chi connectivity index (χ2v) is 4.19. The Labute approximate surface area is 98.8 Å². The van der Waals surface area contributed by atoms with Crippen molar-refractivity contribution in [2.45, 2.75) is 45.1 Å². The topological polar surface area (TPSA) is 20.2 Å². The minimum atomic E-state index is -0.294. The predicted octanol–water partition coefficient (Wildman–Crippen LogP) is 4.03. The largest absolute Gasteiger partial charge is 0.389 e. The van der Waals surface area contributed by atoms with Gasteiger partial charge in [0, 0.05) is 0 Å². The van der Waals surface area contributed by atoms with Crippen molar-refractivity contribution >= 4 is 6.08 Å². The van der Waals surface area contributed by atoms with Crippen molar-refractivity contribution in [3.63, 3.8) is 0 Å². The lowest BCUT2D eigenvalue weighted by atomic mass is 10.1. The van der Waals surface area contributed by atoms with E-state index < -0.39 is 0 Å². The molecule has 1 unspecified atom stereocenters. The average molecular weight is 218 g/mol. The molecule has 0 radical (unpaired) electrons. The van der Waals surface area contributed by atoms with Gasteiger partial charge in [0.25, 0.3) is 0 Å². The highest BCUT2D eigenvalue weighted by atomic mass is 16.3. The third kappa shape index (κ3) is 5.72. The van der Waals surface area contributed by atoms with Gasteiger partial charge in [-0.3, -0.25) is 0 Å². The van der Waals surface area contributed by atoms with Crippen LogP contribution >= 0.6 is 0 Å². The molecule has 1 nitrogen and oxygen atoms in total. The Balaban J connectivity index is 2.23. The highest BCUT2D eigenvalue weighted by molar-refractivity contribution is 5.49. The molecule has 0 amide bonds. The number of hydrogen-bond donors (Lipinski definition) is 1. The summed E-state index contributed by atoms with van der Waals surface area (Å²) in [5.74, 6) is 0. The lowest BCUT2D eigenvalue weighted by molar-refractivity contribution is 0.209. The molecule has 0 saturated heterocycles. The van der Waals surface area contributed by atoms with Crippen molar-refractivity contribution in [2.75, 3.05) is 0 Å². The van der Waals surface area contributed by atoms with Crippen molar-refractivity contribution in [3.8, 4) is 0 Å². The van der Waals surface area contributed by atoms with Gasteiger partial charge in [0.15, 0.2) is 0 Å².